The number of nitrogens with one attached hydrogen (secondary N) is 2. The first-order valence-corrected chi connectivity index (χ1v) is 3.25. The highest BCUT2D eigenvalue weighted by atomic mass is 16.7. The zero-order valence-electron chi connectivity index (χ0n) is 6.44. The zero-order chi connectivity index (χ0) is 8.81. The zero-order valence-corrected chi connectivity index (χ0v) is 6.44. The maximum Gasteiger partial charge on any atom is 0.433 e. The molecule has 64 valence electrons. The SMILES string of the molecule is CNC(=O)O/N=C/c1cc[nH]n1. The second kappa shape index (κ2) is 4.12. The van der Waals surface area contributed by atoms with Crippen LogP contribution in [0.5, 0.6) is 0 Å². The molecule has 2 N–H and O–H groups in total. The summed E-state index contributed by atoms with van der Waals surface area (Å²) in [5, 5.41) is 11.9. The Labute approximate surface area is 68.6 Å². The molecular weight excluding hydrogens is 160 g/mol. The second-order valence-electron chi connectivity index (χ2n) is 1.86. The summed E-state index contributed by atoms with van der Waals surface area (Å²) in [7, 11) is 1.45. The van der Waals surface area contributed by atoms with E-state index in [-0.39, 0.29) is 0 Å². The van der Waals surface area contributed by atoms with Crippen molar-refractivity contribution in [1.29, 1.82) is 0 Å². The summed E-state index contributed by atoms with van der Waals surface area (Å²) in [4.78, 5) is 14.8. The lowest BCUT2D eigenvalue weighted by Crippen LogP contribution is -2.16. The lowest BCUT2D eigenvalue weighted by Gasteiger charge is -1.91. The Morgan fingerprint density at radius 3 is 3.33 bits per heavy atom. The maximum atomic E-state index is 10.5. The molecular formula is C6H8N4O2. The van der Waals surface area contributed by atoms with Crippen LogP contribution in [0.3, 0.4) is 0 Å². The van der Waals surface area contributed by atoms with Gasteiger partial charge in [-0.15, -0.1) is 0 Å². The van der Waals surface area contributed by atoms with Crippen molar-refractivity contribution in [1.82, 2.24) is 15.5 Å². The molecule has 0 saturated carbocycles. The van der Waals surface area contributed by atoms with E-state index in [1.54, 1.807) is 12.3 Å². The summed E-state index contributed by atoms with van der Waals surface area (Å²) in [5.41, 5.74) is 0.596. The van der Waals surface area contributed by atoms with Gasteiger partial charge >= 0.3 is 6.09 Å². The van der Waals surface area contributed by atoms with Gasteiger partial charge in [0.05, 0.1) is 6.21 Å². The number of amides is 1. The molecule has 1 aromatic rings. The van der Waals surface area contributed by atoms with Crippen LogP contribution < -0.4 is 5.32 Å². The first-order chi connectivity index (χ1) is 5.83. The molecule has 12 heavy (non-hydrogen) atoms. The minimum atomic E-state index is -0.609. The van der Waals surface area contributed by atoms with E-state index in [2.05, 4.69) is 25.5 Å². The van der Waals surface area contributed by atoms with Gasteiger partial charge < -0.3 is 5.32 Å². The number of rotatable bonds is 2. The van der Waals surface area contributed by atoms with Crippen LogP contribution in [-0.4, -0.2) is 29.6 Å². The lowest BCUT2D eigenvalue weighted by molar-refractivity contribution is 0.154. The smallest absolute Gasteiger partial charge is 0.323 e. The minimum Gasteiger partial charge on any atom is -0.323 e. The van der Waals surface area contributed by atoms with Gasteiger partial charge in [-0.25, -0.2) is 4.79 Å². The molecule has 0 aliphatic carbocycles. The van der Waals surface area contributed by atoms with Gasteiger partial charge in [0.1, 0.15) is 5.69 Å². The molecule has 0 atom stereocenters. The molecule has 0 aliphatic rings. The molecule has 0 aliphatic heterocycles. The van der Waals surface area contributed by atoms with E-state index in [0.717, 1.165) is 0 Å². The third kappa shape index (κ3) is 2.41. The van der Waals surface area contributed by atoms with E-state index in [0.29, 0.717) is 5.69 Å². The van der Waals surface area contributed by atoms with Crippen LogP contribution in [-0.2, 0) is 4.84 Å². The van der Waals surface area contributed by atoms with Crippen LogP contribution in [0.15, 0.2) is 17.4 Å². The van der Waals surface area contributed by atoms with Crippen LogP contribution in [0.4, 0.5) is 4.79 Å². The van der Waals surface area contributed by atoms with Gasteiger partial charge in [-0.2, -0.15) is 5.10 Å². The highest BCUT2D eigenvalue weighted by Gasteiger charge is 1.93. The number of carbonyl (C=O) groups excluding carboxylic acids is 1. The summed E-state index contributed by atoms with van der Waals surface area (Å²) in [6.07, 6.45) is 2.36. The summed E-state index contributed by atoms with van der Waals surface area (Å²) < 4.78 is 0. The van der Waals surface area contributed by atoms with Crippen molar-refractivity contribution in [2.24, 2.45) is 5.16 Å². The molecule has 0 fully saturated rings. The fourth-order valence-corrected chi connectivity index (χ4v) is 0.517. The lowest BCUT2D eigenvalue weighted by atomic mass is 10.5. The predicted molar refractivity (Wildman–Crippen MR) is 41.7 cm³/mol. The number of hydrogen-bond acceptors (Lipinski definition) is 4. The molecule has 6 heteroatoms. The van der Waals surface area contributed by atoms with Gasteiger partial charge in [0.15, 0.2) is 0 Å². The van der Waals surface area contributed by atoms with Gasteiger partial charge in [0.25, 0.3) is 0 Å². The quantitative estimate of drug-likeness (QED) is 0.373. The number of aromatic nitrogens is 2. The van der Waals surface area contributed by atoms with Crippen molar-refractivity contribution in [3.05, 3.63) is 18.0 Å². The Bertz CT molecular complexity index is 267. The molecule has 1 aromatic heterocycles. The molecule has 1 rings (SSSR count). The van der Waals surface area contributed by atoms with E-state index in [9.17, 15) is 4.79 Å². The third-order valence-electron chi connectivity index (χ3n) is 1.05. The van der Waals surface area contributed by atoms with Gasteiger partial charge in [-0.3, -0.25) is 9.94 Å². The number of hydrogen-bond donors (Lipinski definition) is 2. The molecule has 0 unspecified atom stereocenters. The van der Waals surface area contributed by atoms with Crippen LogP contribution >= 0.6 is 0 Å². The van der Waals surface area contributed by atoms with Crippen LogP contribution in [0, 0.1) is 0 Å². The van der Waals surface area contributed by atoms with Gasteiger partial charge in [-0.1, -0.05) is 5.16 Å². The highest BCUT2D eigenvalue weighted by Crippen LogP contribution is 1.86. The largest absolute Gasteiger partial charge is 0.433 e. The average molecular weight is 168 g/mol. The first-order valence-electron chi connectivity index (χ1n) is 3.25. The molecule has 0 spiro atoms. The topological polar surface area (TPSA) is 79.4 Å². The predicted octanol–water partition coefficient (Wildman–Crippen LogP) is 0.0996. The second-order valence-corrected chi connectivity index (χ2v) is 1.86. The Morgan fingerprint density at radius 1 is 1.92 bits per heavy atom. The molecule has 0 bridgehead atoms. The van der Waals surface area contributed by atoms with Crippen molar-refractivity contribution >= 4 is 12.3 Å². The summed E-state index contributed by atoms with van der Waals surface area (Å²) in [5.74, 6) is 0. The minimum absolute atomic E-state index is 0.596. The van der Waals surface area contributed by atoms with Gasteiger partial charge in [0, 0.05) is 13.2 Å². The average Bonchev–Trinajstić information content (AvgIpc) is 2.57. The number of H-pyrrole nitrogens is 1. The molecule has 0 aromatic carbocycles. The van der Waals surface area contributed by atoms with Crippen LogP contribution in [0.2, 0.25) is 0 Å². The first kappa shape index (κ1) is 8.25. The van der Waals surface area contributed by atoms with E-state index in [1.165, 1.54) is 13.3 Å². The Balaban J connectivity index is 2.37. The molecule has 0 saturated heterocycles. The van der Waals surface area contributed by atoms with E-state index >= 15 is 0 Å². The van der Waals surface area contributed by atoms with Crippen molar-refractivity contribution in [3.63, 3.8) is 0 Å². The normalized spacial score (nSPS) is 10.1. The molecule has 1 heterocycles. The Kier molecular flexibility index (Phi) is 2.83. The van der Waals surface area contributed by atoms with Crippen LogP contribution in [0.25, 0.3) is 0 Å². The number of nitrogens with zero attached hydrogens (tertiary/aromatic N) is 2. The summed E-state index contributed by atoms with van der Waals surface area (Å²) in [6, 6.07) is 1.69. The maximum absolute atomic E-state index is 10.5. The van der Waals surface area contributed by atoms with Crippen molar-refractivity contribution in [2.75, 3.05) is 7.05 Å². The highest BCUT2D eigenvalue weighted by molar-refractivity contribution is 5.77. The molecule has 0 radical (unpaired) electrons. The Hall–Kier alpha value is -1.85. The molecule has 1 amide bonds. The van der Waals surface area contributed by atoms with E-state index in [4.69, 9.17) is 0 Å². The van der Waals surface area contributed by atoms with E-state index in [1.807, 2.05) is 0 Å². The molecule has 6 nitrogen and oxygen atoms in total. The monoisotopic (exact) mass is 168 g/mol. The fourth-order valence-electron chi connectivity index (χ4n) is 0.517. The van der Waals surface area contributed by atoms with Crippen molar-refractivity contribution < 1.29 is 9.63 Å². The fraction of sp³-hybridized carbons (Fsp3) is 0.167. The summed E-state index contributed by atoms with van der Waals surface area (Å²) in [6.45, 7) is 0. The number of oxime groups is 1. The summed E-state index contributed by atoms with van der Waals surface area (Å²) >= 11 is 0. The number of aromatic amines is 1. The third-order valence-corrected chi connectivity index (χ3v) is 1.05. The van der Waals surface area contributed by atoms with Crippen molar-refractivity contribution in [3.8, 4) is 0 Å². The van der Waals surface area contributed by atoms with Crippen LogP contribution in [0.1, 0.15) is 5.69 Å². The van der Waals surface area contributed by atoms with E-state index < -0.39 is 6.09 Å². The van der Waals surface area contributed by atoms with Gasteiger partial charge in [0.2, 0.25) is 0 Å². The van der Waals surface area contributed by atoms with Crippen molar-refractivity contribution in [2.45, 2.75) is 0 Å². The number of carbonyl (C=O) groups is 1. The Morgan fingerprint density at radius 2 is 2.75 bits per heavy atom. The van der Waals surface area contributed by atoms with Gasteiger partial charge in [-0.05, 0) is 6.07 Å². The standard InChI is InChI=1S/C6H8N4O2/c1-7-6(11)12-9-4-5-2-3-8-10-5/h2-4H,1H3,(H,7,11)(H,8,10)/b9-4+.